The van der Waals surface area contributed by atoms with Gasteiger partial charge in [-0.25, -0.2) is 8.42 Å². The normalized spacial score (nSPS) is 15.3. The fourth-order valence-electron chi connectivity index (χ4n) is 3.75. The van der Waals surface area contributed by atoms with Crippen LogP contribution in [0.5, 0.6) is 11.5 Å². The lowest BCUT2D eigenvalue weighted by Crippen LogP contribution is -2.40. The minimum Gasteiger partial charge on any atom is -0.457 e. The molecule has 0 aliphatic carbocycles. The molecule has 1 fully saturated rings. The SMILES string of the molecule is CCCCNC(=O)C1CCN(Cc2ccc(Oc3ccc(NS(C)(=O)=O)cc3)cc2)CC1. The van der Waals surface area contributed by atoms with Gasteiger partial charge in [0.2, 0.25) is 15.9 Å². The zero-order chi connectivity index (χ0) is 23.0. The van der Waals surface area contributed by atoms with E-state index in [-0.39, 0.29) is 11.8 Å². The second-order valence-corrected chi connectivity index (χ2v) is 10.1. The van der Waals surface area contributed by atoms with E-state index >= 15 is 0 Å². The molecule has 8 heteroatoms. The predicted molar refractivity (Wildman–Crippen MR) is 127 cm³/mol. The highest BCUT2D eigenvalue weighted by molar-refractivity contribution is 7.92. The second-order valence-electron chi connectivity index (χ2n) is 8.34. The van der Waals surface area contributed by atoms with Crippen LogP contribution in [0, 0.1) is 5.92 Å². The number of sulfonamides is 1. The van der Waals surface area contributed by atoms with E-state index < -0.39 is 10.0 Å². The molecule has 0 aromatic heterocycles. The van der Waals surface area contributed by atoms with Gasteiger partial charge in [0.15, 0.2) is 0 Å². The maximum atomic E-state index is 12.2. The van der Waals surface area contributed by atoms with Gasteiger partial charge in [-0.1, -0.05) is 25.5 Å². The molecule has 1 aliphatic heterocycles. The summed E-state index contributed by atoms with van der Waals surface area (Å²) in [6.45, 7) is 5.62. The minimum absolute atomic E-state index is 0.137. The largest absolute Gasteiger partial charge is 0.457 e. The van der Waals surface area contributed by atoms with Crippen molar-refractivity contribution >= 4 is 21.6 Å². The molecule has 0 radical (unpaired) electrons. The highest BCUT2D eigenvalue weighted by Gasteiger charge is 2.24. The zero-order valence-corrected chi connectivity index (χ0v) is 19.7. The van der Waals surface area contributed by atoms with Crippen LogP contribution in [0.3, 0.4) is 0 Å². The van der Waals surface area contributed by atoms with E-state index in [2.05, 4.69) is 34.0 Å². The van der Waals surface area contributed by atoms with E-state index in [1.54, 1.807) is 24.3 Å². The molecule has 1 aliphatic rings. The fraction of sp³-hybridized carbons (Fsp3) is 0.458. The molecule has 1 heterocycles. The first-order chi connectivity index (χ1) is 15.3. The summed E-state index contributed by atoms with van der Waals surface area (Å²) in [7, 11) is -3.29. The molecule has 3 rings (SSSR count). The number of amides is 1. The van der Waals surface area contributed by atoms with Gasteiger partial charge >= 0.3 is 0 Å². The molecule has 2 aromatic carbocycles. The first-order valence-corrected chi connectivity index (χ1v) is 13.1. The molecule has 0 saturated carbocycles. The standard InChI is InChI=1S/C24H33N3O4S/c1-3-4-15-25-24(28)20-13-16-27(17-14-20)18-19-5-9-22(10-6-19)31-23-11-7-21(8-12-23)26-32(2,29)30/h5-12,20,26H,3-4,13-18H2,1-2H3,(H,25,28). The number of benzene rings is 2. The summed E-state index contributed by atoms with van der Waals surface area (Å²) in [5.74, 6) is 1.70. The molecule has 0 atom stereocenters. The van der Waals surface area contributed by atoms with E-state index in [1.165, 1.54) is 5.56 Å². The molecule has 0 bridgehead atoms. The maximum Gasteiger partial charge on any atom is 0.229 e. The van der Waals surface area contributed by atoms with Crippen molar-refractivity contribution in [3.63, 3.8) is 0 Å². The summed E-state index contributed by atoms with van der Waals surface area (Å²) in [5.41, 5.74) is 1.70. The average Bonchev–Trinajstić information content (AvgIpc) is 2.76. The predicted octanol–water partition coefficient (Wildman–Crippen LogP) is 3.98. The van der Waals surface area contributed by atoms with Gasteiger partial charge in [-0.3, -0.25) is 14.4 Å². The Balaban J connectivity index is 1.45. The summed E-state index contributed by atoms with van der Waals surface area (Å²) < 4.78 is 30.8. The van der Waals surface area contributed by atoms with Crippen LogP contribution in [0.15, 0.2) is 48.5 Å². The van der Waals surface area contributed by atoms with Crippen LogP contribution in [0.2, 0.25) is 0 Å². The van der Waals surface area contributed by atoms with Crippen molar-refractivity contribution in [3.05, 3.63) is 54.1 Å². The molecule has 174 valence electrons. The third-order valence-corrected chi connectivity index (χ3v) is 6.12. The van der Waals surface area contributed by atoms with Gasteiger partial charge in [0.25, 0.3) is 0 Å². The number of hydrogen-bond donors (Lipinski definition) is 2. The quantitative estimate of drug-likeness (QED) is 0.525. The van der Waals surface area contributed by atoms with Gasteiger partial charge in [-0.15, -0.1) is 0 Å². The highest BCUT2D eigenvalue weighted by Crippen LogP contribution is 2.25. The van der Waals surface area contributed by atoms with Gasteiger partial charge in [0.1, 0.15) is 11.5 Å². The summed E-state index contributed by atoms with van der Waals surface area (Å²) in [5, 5.41) is 3.06. The number of hydrogen-bond acceptors (Lipinski definition) is 5. The lowest BCUT2D eigenvalue weighted by atomic mass is 9.95. The molecule has 2 N–H and O–H groups in total. The van der Waals surface area contributed by atoms with Crippen LogP contribution in [0.25, 0.3) is 0 Å². The Morgan fingerprint density at radius 3 is 2.19 bits per heavy atom. The molecule has 1 saturated heterocycles. The number of carbonyl (C=O) groups is 1. The van der Waals surface area contributed by atoms with Crippen molar-refractivity contribution in [1.29, 1.82) is 0 Å². The van der Waals surface area contributed by atoms with Crippen molar-refractivity contribution < 1.29 is 17.9 Å². The van der Waals surface area contributed by atoms with Crippen LogP contribution >= 0.6 is 0 Å². The van der Waals surface area contributed by atoms with Crippen molar-refractivity contribution in [2.24, 2.45) is 5.92 Å². The van der Waals surface area contributed by atoms with Crippen LogP contribution in [0.1, 0.15) is 38.2 Å². The summed E-state index contributed by atoms with van der Waals surface area (Å²) in [4.78, 5) is 14.6. The number of rotatable bonds is 10. The number of piperidine rings is 1. The van der Waals surface area contributed by atoms with Crippen molar-refractivity contribution in [2.45, 2.75) is 39.2 Å². The van der Waals surface area contributed by atoms with E-state index in [1.807, 2.05) is 12.1 Å². The first kappa shape index (κ1) is 24.1. The molecule has 1 amide bonds. The van der Waals surface area contributed by atoms with E-state index in [9.17, 15) is 13.2 Å². The molecule has 7 nitrogen and oxygen atoms in total. The topological polar surface area (TPSA) is 87.7 Å². The minimum atomic E-state index is -3.29. The molecular formula is C24H33N3O4S. The molecule has 2 aromatic rings. The smallest absolute Gasteiger partial charge is 0.229 e. The first-order valence-electron chi connectivity index (χ1n) is 11.2. The van der Waals surface area contributed by atoms with Crippen LogP contribution in [-0.4, -0.2) is 45.1 Å². The van der Waals surface area contributed by atoms with Gasteiger partial charge in [-0.2, -0.15) is 0 Å². The fourth-order valence-corrected chi connectivity index (χ4v) is 4.31. The Hall–Kier alpha value is -2.58. The van der Waals surface area contributed by atoms with Crippen LogP contribution in [0.4, 0.5) is 5.69 Å². The van der Waals surface area contributed by atoms with Crippen molar-refractivity contribution in [1.82, 2.24) is 10.2 Å². The second kappa shape index (κ2) is 11.3. The van der Waals surface area contributed by atoms with Crippen molar-refractivity contribution in [2.75, 3.05) is 30.6 Å². The third-order valence-electron chi connectivity index (χ3n) is 5.51. The Labute approximate surface area is 191 Å². The Morgan fingerprint density at radius 2 is 1.62 bits per heavy atom. The number of ether oxygens (including phenoxy) is 1. The molecule has 32 heavy (non-hydrogen) atoms. The van der Waals surface area contributed by atoms with E-state index in [0.29, 0.717) is 11.4 Å². The van der Waals surface area contributed by atoms with Gasteiger partial charge in [-0.05, 0) is 74.3 Å². The zero-order valence-electron chi connectivity index (χ0n) is 18.8. The molecule has 0 spiro atoms. The average molecular weight is 460 g/mol. The van der Waals surface area contributed by atoms with Crippen molar-refractivity contribution in [3.8, 4) is 11.5 Å². The van der Waals surface area contributed by atoms with E-state index in [0.717, 1.165) is 63.9 Å². The number of likely N-dealkylation sites (tertiary alicyclic amines) is 1. The number of nitrogens with zero attached hydrogens (tertiary/aromatic N) is 1. The van der Waals surface area contributed by atoms with Crippen LogP contribution in [-0.2, 0) is 21.4 Å². The van der Waals surface area contributed by atoms with E-state index in [4.69, 9.17) is 4.74 Å². The number of anilines is 1. The summed E-state index contributed by atoms with van der Waals surface area (Å²) >= 11 is 0. The Kier molecular flexibility index (Phi) is 8.53. The Morgan fingerprint density at radius 1 is 1.03 bits per heavy atom. The van der Waals surface area contributed by atoms with Gasteiger partial charge in [0, 0.05) is 24.7 Å². The third kappa shape index (κ3) is 7.84. The number of nitrogens with one attached hydrogen (secondary N) is 2. The number of unbranched alkanes of at least 4 members (excludes halogenated alkanes) is 1. The molecule has 0 unspecified atom stereocenters. The maximum absolute atomic E-state index is 12.2. The lowest BCUT2D eigenvalue weighted by molar-refractivity contribution is -0.126. The highest BCUT2D eigenvalue weighted by atomic mass is 32.2. The monoisotopic (exact) mass is 459 g/mol. The number of carbonyl (C=O) groups excluding carboxylic acids is 1. The summed E-state index contributed by atoms with van der Waals surface area (Å²) in [6, 6.07) is 14.8. The van der Waals surface area contributed by atoms with Gasteiger partial charge < -0.3 is 10.1 Å². The molecular weight excluding hydrogens is 426 g/mol. The lowest BCUT2D eigenvalue weighted by Gasteiger charge is -2.31. The summed E-state index contributed by atoms with van der Waals surface area (Å²) in [6.07, 6.45) is 5.06. The Bertz CT molecular complexity index is 967. The van der Waals surface area contributed by atoms with Crippen LogP contribution < -0.4 is 14.8 Å². The van der Waals surface area contributed by atoms with Gasteiger partial charge in [0.05, 0.1) is 6.26 Å².